The number of aromatic nitrogens is 1. The summed E-state index contributed by atoms with van der Waals surface area (Å²) in [5.74, 6) is -0.454. The maximum absolute atomic E-state index is 14.0. The van der Waals surface area contributed by atoms with E-state index in [9.17, 15) is 23.6 Å². The van der Waals surface area contributed by atoms with Gasteiger partial charge in [0.15, 0.2) is 11.6 Å². The summed E-state index contributed by atoms with van der Waals surface area (Å²) in [4.78, 5) is 55.2. The van der Waals surface area contributed by atoms with E-state index in [2.05, 4.69) is 11.8 Å². The van der Waals surface area contributed by atoms with Crippen LogP contribution in [0.5, 0.6) is 0 Å². The van der Waals surface area contributed by atoms with Crippen LogP contribution in [0.3, 0.4) is 0 Å². The quantitative estimate of drug-likeness (QED) is 0.0973. The number of unbranched alkanes of at least 4 members (excludes halogenated alkanes) is 6. The van der Waals surface area contributed by atoms with Crippen LogP contribution in [0.25, 0.3) is 0 Å². The molecule has 47 heavy (non-hydrogen) atoms. The Balaban J connectivity index is 1.30. The number of halogens is 1. The summed E-state index contributed by atoms with van der Waals surface area (Å²) in [6.07, 6.45) is 11.4. The molecule has 0 spiro atoms. The van der Waals surface area contributed by atoms with Gasteiger partial charge in [-0.2, -0.15) is 0 Å². The number of likely N-dealkylation sites (tertiary alicyclic amines) is 1. The zero-order chi connectivity index (χ0) is 34.1. The molecule has 258 valence electrons. The number of hydrogen-bond acceptors (Lipinski definition) is 6. The average Bonchev–Trinajstić information content (AvgIpc) is 3.29. The van der Waals surface area contributed by atoms with Crippen molar-refractivity contribution in [3.63, 3.8) is 0 Å². The van der Waals surface area contributed by atoms with E-state index >= 15 is 0 Å². The third-order valence-corrected chi connectivity index (χ3v) is 10.5. The van der Waals surface area contributed by atoms with Crippen molar-refractivity contribution in [2.24, 2.45) is 17.3 Å². The van der Waals surface area contributed by atoms with Gasteiger partial charge in [-0.1, -0.05) is 59.3 Å². The number of fused-ring (bicyclic) bond motifs is 2. The lowest BCUT2D eigenvalue weighted by Gasteiger charge is -2.40. The number of piperidine rings is 1. The van der Waals surface area contributed by atoms with Crippen molar-refractivity contribution in [1.82, 2.24) is 9.47 Å². The molecule has 2 heterocycles. The second-order valence-electron chi connectivity index (χ2n) is 14.5. The van der Waals surface area contributed by atoms with Gasteiger partial charge in [-0.3, -0.25) is 23.7 Å². The van der Waals surface area contributed by atoms with Gasteiger partial charge in [0.1, 0.15) is 5.82 Å². The summed E-state index contributed by atoms with van der Waals surface area (Å²) in [5, 5.41) is 0. The molecule has 0 saturated carbocycles. The number of nitrogens with zero attached hydrogens (tertiary/aromatic N) is 2. The third kappa shape index (κ3) is 9.27. The Labute approximate surface area is 280 Å². The Kier molecular flexibility index (Phi) is 13.1. The van der Waals surface area contributed by atoms with Crippen LogP contribution in [0.15, 0.2) is 24.3 Å². The van der Waals surface area contributed by atoms with Gasteiger partial charge in [0.25, 0.3) is 0 Å². The SMILES string of the molecule is CCCCCCCCCC(=O)OCCC(C)(C)C(=O)n1c(C)c(C)c2c1C[C@@H]1CCN(CCCC(=O)c3ccc(F)cc3)C[C@H]1C2=O. The second-order valence-corrected chi connectivity index (χ2v) is 14.5. The van der Waals surface area contributed by atoms with Gasteiger partial charge in [0.2, 0.25) is 5.91 Å². The monoisotopic (exact) mass is 650 g/mol. The zero-order valence-electron chi connectivity index (χ0n) is 29.3. The van der Waals surface area contributed by atoms with Crippen LogP contribution in [0.4, 0.5) is 4.39 Å². The normalized spacial score (nSPS) is 18.1. The molecule has 4 rings (SSSR count). The van der Waals surface area contributed by atoms with Gasteiger partial charge in [-0.25, -0.2) is 4.39 Å². The largest absolute Gasteiger partial charge is 0.466 e. The molecule has 1 fully saturated rings. The first kappa shape index (κ1) is 36.7. The van der Waals surface area contributed by atoms with Gasteiger partial charge in [0, 0.05) is 53.2 Å². The molecular formula is C39H55FN2O5. The van der Waals surface area contributed by atoms with Crippen LogP contribution in [-0.2, 0) is 16.0 Å². The van der Waals surface area contributed by atoms with Crippen molar-refractivity contribution < 1.29 is 28.3 Å². The maximum atomic E-state index is 14.0. The number of esters is 1. The predicted molar refractivity (Wildman–Crippen MR) is 183 cm³/mol. The summed E-state index contributed by atoms with van der Waals surface area (Å²) in [6.45, 7) is 12.3. The summed E-state index contributed by atoms with van der Waals surface area (Å²) in [7, 11) is 0. The van der Waals surface area contributed by atoms with Gasteiger partial charge in [0.05, 0.1) is 6.61 Å². The van der Waals surface area contributed by atoms with E-state index in [0.717, 1.165) is 55.7 Å². The van der Waals surface area contributed by atoms with Crippen LogP contribution in [0.2, 0.25) is 0 Å². The van der Waals surface area contributed by atoms with Crippen molar-refractivity contribution in [3.8, 4) is 0 Å². The average molecular weight is 651 g/mol. The number of ether oxygens (including phenoxy) is 1. The van der Waals surface area contributed by atoms with Crippen LogP contribution in [-0.4, -0.2) is 59.2 Å². The molecule has 1 aromatic heterocycles. The molecule has 0 unspecified atom stereocenters. The van der Waals surface area contributed by atoms with E-state index in [1.807, 2.05) is 27.7 Å². The molecule has 2 aliphatic rings. The smallest absolute Gasteiger partial charge is 0.305 e. The van der Waals surface area contributed by atoms with E-state index in [-0.39, 0.29) is 47.7 Å². The van der Waals surface area contributed by atoms with Crippen molar-refractivity contribution in [2.45, 2.75) is 118 Å². The first-order chi connectivity index (χ1) is 22.4. The Hall–Kier alpha value is -3.13. The molecule has 0 radical (unpaired) electrons. The lowest BCUT2D eigenvalue weighted by Crippen LogP contribution is -2.47. The standard InChI is InChI=1S/C39H55FN2O5/c1-6-7-8-9-10-11-12-15-35(44)47-24-21-39(4,5)38(46)42-28(3)27(2)36-33(42)25-30-20-23-41(26-32(30)37(36)45)22-13-14-34(43)29-16-18-31(40)19-17-29/h16-19,30,32H,6-15,20-26H2,1-5H3/t30-,32+/m0/s1. The summed E-state index contributed by atoms with van der Waals surface area (Å²) >= 11 is 0. The highest BCUT2D eigenvalue weighted by Crippen LogP contribution is 2.40. The zero-order valence-corrected chi connectivity index (χ0v) is 29.3. The molecule has 1 aromatic carbocycles. The predicted octanol–water partition coefficient (Wildman–Crippen LogP) is 8.32. The second kappa shape index (κ2) is 16.8. The number of carbonyl (C=O) groups excluding carboxylic acids is 4. The Morgan fingerprint density at radius 2 is 1.64 bits per heavy atom. The molecule has 1 saturated heterocycles. The molecule has 0 bridgehead atoms. The fraction of sp³-hybridized carbons (Fsp3) is 0.641. The highest BCUT2D eigenvalue weighted by atomic mass is 19.1. The number of carbonyl (C=O) groups is 4. The molecule has 1 aliphatic carbocycles. The van der Waals surface area contributed by atoms with Gasteiger partial charge in [-0.05, 0) is 94.8 Å². The number of benzene rings is 1. The molecule has 1 aliphatic heterocycles. The number of ketones is 2. The lowest BCUT2D eigenvalue weighted by molar-refractivity contribution is -0.144. The van der Waals surface area contributed by atoms with Crippen molar-refractivity contribution in [3.05, 3.63) is 58.2 Å². The van der Waals surface area contributed by atoms with Crippen molar-refractivity contribution >= 4 is 23.4 Å². The van der Waals surface area contributed by atoms with Crippen molar-refractivity contribution in [2.75, 3.05) is 26.2 Å². The van der Waals surface area contributed by atoms with Crippen LogP contribution in [0.1, 0.15) is 140 Å². The van der Waals surface area contributed by atoms with Crippen LogP contribution >= 0.6 is 0 Å². The molecule has 0 amide bonds. The summed E-state index contributed by atoms with van der Waals surface area (Å²) in [6, 6.07) is 5.67. The molecule has 7 nitrogen and oxygen atoms in total. The first-order valence-corrected chi connectivity index (χ1v) is 17.9. The number of Topliss-reactive ketones (excluding diaryl/α,β-unsaturated/α-hetero) is 2. The topological polar surface area (TPSA) is 85.7 Å². The molecule has 2 aromatic rings. The highest BCUT2D eigenvalue weighted by Gasteiger charge is 2.44. The van der Waals surface area contributed by atoms with E-state index in [1.54, 1.807) is 4.57 Å². The molecule has 0 N–H and O–H groups in total. The first-order valence-electron chi connectivity index (χ1n) is 17.9. The lowest BCUT2D eigenvalue weighted by atomic mass is 9.72. The van der Waals surface area contributed by atoms with E-state index in [1.165, 1.54) is 49.9 Å². The van der Waals surface area contributed by atoms with E-state index in [4.69, 9.17) is 4.74 Å². The fourth-order valence-electron chi connectivity index (χ4n) is 7.29. The Bertz CT molecular complexity index is 1410. The minimum atomic E-state index is -0.766. The molecule has 2 atom stereocenters. The number of hydrogen-bond donors (Lipinski definition) is 0. The summed E-state index contributed by atoms with van der Waals surface area (Å²) in [5.41, 5.74) is 2.97. The maximum Gasteiger partial charge on any atom is 0.305 e. The minimum absolute atomic E-state index is 0.0000359. The fourth-order valence-corrected chi connectivity index (χ4v) is 7.29. The van der Waals surface area contributed by atoms with Gasteiger partial charge >= 0.3 is 5.97 Å². The minimum Gasteiger partial charge on any atom is -0.466 e. The van der Waals surface area contributed by atoms with Gasteiger partial charge in [-0.15, -0.1) is 0 Å². The third-order valence-electron chi connectivity index (χ3n) is 10.5. The van der Waals surface area contributed by atoms with E-state index < -0.39 is 5.41 Å². The molecule has 8 heteroatoms. The highest BCUT2D eigenvalue weighted by molar-refractivity contribution is 6.04. The summed E-state index contributed by atoms with van der Waals surface area (Å²) < 4.78 is 20.5. The Morgan fingerprint density at radius 3 is 2.34 bits per heavy atom. The van der Waals surface area contributed by atoms with Crippen molar-refractivity contribution in [1.29, 1.82) is 0 Å². The van der Waals surface area contributed by atoms with Gasteiger partial charge < -0.3 is 9.64 Å². The number of rotatable bonds is 17. The van der Waals surface area contributed by atoms with Crippen LogP contribution in [0, 0.1) is 36.9 Å². The molecular weight excluding hydrogens is 595 g/mol. The Morgan fingerprint density at radius 1 is 0.957 bits per heavy atom. The van der Waals surface area contributed by atoms with Crippen LogP contribution < -0.4 is 0 Å². The van der Waals surface area contributed by atoms with E-state index in [0.29, 0.717) is 49.8 Å².